The van der Waals surface area contributed by atoms with Gasteiger partial charge in [-0.2, -0.15) is 10.4 Å². The largest absolute Gasteiger partial charge is 0.321 e. The Kier molecular flexibility index (Phi) is 4.59. The Morgan fingerprint density at radius 1 is 1.21 bits per heavy atom. The third kappa shape index (κ3) is 3.35. The normalized spacial score (nSPS) is 10.6. The van der Waals surface area contributed by atoms with Crippen LogP contribution in [-0.4, -0.2) is 26.1 Å². The zero-order valence-corrected chi connectivity index (χ0v) is 16.3. The number of rotatable bonds is 3. The fourth-order valence-corrected chi connectivity index (χ4v) is 3.29. The van der Waals surface area contributed by atoms with Crippen LogP contribution in [0.25, 0.3) is 22.2 Å². The second-order valence-electron chi connectivity index (χ2n) is 6.16. The van der Waals surface area contributed by atoms with Crippen molar-refractivity contribution in [2.75, 3.05) is 5.32 Å². The molecule has 2 N–H and O–H groups in total. The molecule has 0 saturated carbocycles. The Morgan fingerprint density at radius 3 is 2.82 bits per heavy atom. The molecule has 7 nitrogen and oxygen atoms in total. The zero-order valence-electron chi connectivity index (χ0n) is 14.7. The van der Waals surface area contributed by atoms with Gasteiger partial charge in [0.25, 0.3) is 5.91 Å². The monoisotopic (exact) mass is 432 g/mol. The van der Waals surface area contributed by atoms with E-state index in [0.29, 0.717) is 21.4 Å². The number of aromatic amines is 1. The highest BCUT2D eigenvalue weighted by Crippen LogP contribution is 2.29. The molecule has 136 valence electrons. The number of aryl methyl sites for hydroxylation is 1. The van der Waals surface area contributed by atoms with Crippen LogP contribution in [0.3, 0.4) is 0 Å². The number of pyridine rings is 2. The number of nitrogens with zero attached hydrogens (tertiary/aromatic N) is 4. The highest BCUT2D eigenvalue weighted by Gasteiger charge is 2.14. The fraction of sp³-hybridized carbons (Fsp3) is 0.0500. The molecule has 0 aliphatic rings. The molecule has 0 radical (unpaired) electrons. The van der Waals surface area contributed by atoms with Gasteiger partial charge in [0.05, 0.1) is 11.1 Å². The minimum Gasteiger partial charge on any atom is -0.321 e. The van der Waals surface area contributed by atoms with E-state index in [1.165, 1.54) is 6.20 Å². The van der Waals surface area contributed by atoms with Gasteiger partial charge in [0.1, 0.15) is 22.1 Å². The molecule has 0 saturated heterocycles. The molecule has 0 bridgehead atoms. The molecule has 1 amide bonds. The van der Waals surface area contributed by atoms with Crippen LogP contribution >= 0.6 is 15.9 Å². The Labute approximate surface area is 168 Å². The Morgan fingerprint density at radius 2 is 2.07 bits per heavy atom. The predicted octanol–water partition coefficient (Wildman–Crippen LogP) is 4.21. The smallest absolute Gasteiger partial charge is 0.274 e. The number of fused-ring (bicyclic) bond motifs is 1. The first kappa shape index (κ1) is 17.8. The van der Waals surface area contributed by atoms with Gasteiger partial charge in [0.2, 0.25) is 0 Å². The summed E-state index contributed by atoms with van der Waals surface area (Å²) >= 11 is 3.37. The van der Waals surface area contributed by atoms with Gasteiger partial charge < -0.3 is 5.32 Å². The maximum Gasteiger partial charge on any atom is 0.274 e. The number of anilines is 1. The van der Waals surface area contributed by atoms with Crippen LogP contribution in [0.15, 0.2) is 53.4 Å². The first-order chi connectivity index (χ1) is 13.5. The summed E-state index contributed by atoms with van der Waals surface area (Å²) in [6, 6.07) is 12.9. The molecule has 1 aromatic carbocycles. The van der Waals surface area contributed by atoms with Gasteiger partial charge in [0, 0.05) is 29.0 Å². The second-order valence-corrected chi connectivity index (χ2v) is 6.97. The number of hydrogen-bond acceptors (Lipinski definition) is 5. The summed E-state index contributed by atoms with van der Waals surface area (Å²) in [4.78, 5) is 20.9. The van der Waals surface area contributed by atoms with E-state index in [-0.39, 0.29) is 11.6 Å². The van der Waals surface area contributed by atoms with Crippen molar-refractivity contribution >= 4 is 38.4 Å². The number of carbonyl (C=O) groups excluding carboxylic acids is 1. The highest BCUT2D eigenvalue weighted by atomic mass is 79.9. The molecule has 0 fully saturated rings. The predicted molar refractivity (Wildman–Crippen MR) is 109 cm³/mol. The summed E-state index contributed by atoms with van der Waals surface area (Å²) < 4.78 is 0.716. The van der Waals surface area contributed by atoms with Crippen molar-refractivity contribution in [2.45, 2.75) is 6.92 Å². The number of aromatic nitrogens is 4. The lowest BCUT2D eigenvalue weighted by Crippen LogP contribution is -2.15. The lowest BCUT2D eigenvalue weighted by atomic mass is 10.1. The third-order valence-corrected chi connectivity index (χ3v) is 4.68. The zero-order chi connectivity index (χ0) is 19.7. The van der Waals surface area contributed by atoms with E-state index >= 15 is 0 Å². The van der Waals surface area contributed by atoms with Crippen molar-refractivity contribution in [1.82, 2.24) is 20.2 Å². The number of halogens is 1. The van der Waals surface area contributed by atoms with Crippen molar-refractivity contribution in [2.24, 2.45) is 0 Å². The van der Waals surface area contributed by atoms with E-state index < -0.39 is 0 Å². The molecule has 4 aromatic rings. The average molecular weight is 433 g/mol. The lowest BCUT2D eigenvalue weighted by molar-refractivity contribution is 0.102. The lowest BCUT2D eigenvalue weighted by Gasteiger charge is -2.07. The first-order valence-electron chi connectivity index (χ1n) is 8.33. The molecular formula is C20H13BrN6O. The number of nitriles is 1. The summed E-state index contributed by atoms with van der Waals surface area (Å²) in [5.74, 6) is -0.335. The minimum absolute atomic E-state index is 0.282. The van der Waals surface area contributed by atoms with Crippen molar-refractivity contribution < 1.29 is 4.79 Å². The van der Waals surface area contributed by atoms with Gasteiger partial charge in [-0.1, -0.05) is 0 Å². The van der Waals surface area contributed by atoms with Crippen LogP contribution in [-0.2, 0) is 0 Å². The fourth-order valence-electron chi connectivity index (χ4n) is 2.93. The molecule has 0 atom stereocenters. The van der Waals surface area contributed by atoms with Crippen molar-refractivity contribution in [3.8, 4) is 17.3 Å². The second kappa shape index (κ2) is 7.21. The standard InChI is InChI=1S/C20H13BrN6O/c1-11-6-12(9-22)10-24-18(11)20(28)25-14-2-3-16-15(8-14)19(27-26-16)13-4-5-23-17(21)7-13/h2-8,10H,1H3,(H,25,28)(H,26,27). The minimum atomic E-state index is -0.335. The van der Waals surface area contributed by atoms with Crippen LogP contribution in [0.1, 0.15) is 21.6 Å². The van der Waals surface area contributed by atoms with E-state index in [0.717, 1.165) is 22.2 Å². The van der Waals surface area contributed by atoms with Gasteiger partial charge in [0.15, 0.2) is 0 Å². The summed E-state index contributed by atoms with van der Waals surface area (Å²) in [6.45, 7) is 1.75. The van der Waals surface area contributed by atoms with Crippen LogP contribution in [0.5, 0.6) is 0 Å². The van der Waals surface area contributed by atoms with Crippen molar-refractivity contribution in [3.63, 3.8) is 0 Å². The number of nitrogens with one attached hydrogen (secondary N) is 2. The molecule has 0 spiro atoms. The highest BCUT2D eigenvalue weighted by molar-refractivity contribution is 9.10. The van der Waals surface area contributed by atoms with E-state index in [1.807, 2.05) is 30.3 Å². The average Bonchev–Trinajstić information content (AvgIpc) is 3.11. The van der Waals surface area contributed by atoms with Crippen molar-refractivity contribution in [1.29, 1.82) is 5.26 Å². The van der Waals surface area contributed by atoms with Gasteiger partial charge in [-0.05, 0) is 64.8 Å². The molecule has 8 heteroatoms. The van der Waals surface area contributed by atoms with E-state index in [9.17, 15) is 4.79 Å². The summed E-state index contributed by atoms with van der Waals surface area (Å²) in [7, 11) is 0. The SMILES string of the molecule is Cc1cc(C#N)cnc1C(=O)Nc1ccc2[nH]nc(-c3ccnc(Br)c3)c2c1. The van der Waals surface area contributed by atoms with Gasteiger partial charge in [-0.15, -0.1) is 0 Å². The van der Waals surface area contributed by atoms with E-state index in [4.69, 9.17) is 5.26 Å². The molecule has 0 aliphatic heterocycles. The van der Waals surface area contributed by atoms with Gasteiger partial charge >= 0.3 is 0 Å². The molecule has 3 aromatic heterocycles. The summed E-state index contributed by atoms with van der Waals surface area (Å²) in [5.41, 5.74) is 4.49. The van der Waals surface area contributed by atoms with Gasteiger partial charge in [-0.25, -0.2) is 9.97 Å². The van der Waals surface area contributed by atoms with Crippen LogP contribution in [0, 0.1) is 18.3 Å². The molecule has 4 rings (SSSR count). The van der Waals surface area contributed by atoms with Crippen LogP contribution < -0.4 is 5.32 Å². The van der Waals surface area contributed by atoms with Crippen LogP contribution in [0.4, 0.5) is 5.69 Å². The maximum absolute atomic E-state index is 12.6. The molecular weight excluding hydrogens is 420 g/mol. The molecule has 3 heterocycles. The van der Waals surface area contributed by atoms with Crippen molar-refractivity contribution in [3.05, 3.63) is 70.2 Å². The Balaban J connectivity index is 1.67. The molecule has 0 unspecified atom stereocenters. The van der Waals surface area contributed by atoms with E-state index in [2.05, 4.69) is 41.4 Å². The van der Waals surface area contributed by atoms with Crippen LogP contribution in [0.2, 0.25) is 0 Å². The number of benzene rings is 1. The molecule has 28 heavy (non-hydrogen) atoms. The Hall–Kier alpha value is -3.57. The van der Waals surface area contributed by atoms with E-state index in [1.54, 1.807) is 25.3 Å². The number of amides is 1. The first-order valence-corrected chi connectivity index (χ1v) is 9.12. The topological polar surface area (TPSA) is 107 Å². The maximum atomic E-state index is 12.6. The number of H-pyrrole nitrogens is 1. The molecule has 0 aliphatic carbocycles. The quantitative estimate of drug-likeness (QED) is 0.471. The summed E-state index contributed by atoms with van der Waals surface area (Å²) in [6.07, 6.45) is 3.09. The van der Waals surface area contributed by atoms with Gasteiger partial charge in [-0.3, -0.25) is 9.89 Å². The number of hydrogen-bond donors (Lipinski definition) is 2. The Bertz CT molecular complexity index is 1260. The summed E-state index contributed by atoms with van der Waals surface area (Å²) in [5, 5.41) is 20.1. The number of carbonyl (C=O) groups is 1. The third-order valence-electron chi connectivity index (χ3n) is 4.24.